The fraction of sp³-hybridized carbons (Fsp3) is 0.188. The first kappa shape index (κ1) is 15.1. The highest BCUT2D eigenvalue weighted by Crippen LogP contribution is 2.28. The van der Waals surface area contributed by atoms with Crippen LogP contribution in [0.2, 0.25) is 5.02 Å². The molecule has 0 aliphatic carbocycles. The van der Waals surface area contributed by atoms with Crippen LogP contribution in [0.3, 0.4) is 0 Å². The smallest absolute Gasteiger partial charge is 0.152 e. The molecule has 3 rings (SSSR count). The number of nitrogens with one attached hydrogen (secondary N) is 1. The third kappa shape index (κ3) is 2.67. The molecule has 0 saturated heterocycles. The Kier molecular flexibility index (Phi) is 3.80. The summed E-state index contributed by atoms with van der Waals surface area (Å²) < 4.78 is 3.46. The summed E-state index contributed by atoms with van der Waals surface area (Å²) in [7, 11) is 1.88. The maximum Gasteiger partial charge on any atom is 0.152 e. The van der Waals surface area contributed by atoms with Gasteiger partial charge in [0.1, 0.15) is 11.6 Å². The lowest BCUT2D eigenvalue weighted by Gasteiger charge is -2.11. The number of anilines is 2. The molecule has 0 aliphatic heterocycles. The fourth-order valence-electron chi connectivity index (χ4n) is 2.43. The minimum atomic E-state index is 0.452. The van der Waals surface area contributed by atoms with E-state index in [1.165, 1.54) is 6.20 Å². The number of hydrogen-bond acceptors (Lipinski definition) is 4. The van der Waals surface area contributed by atoms with Crippen molar-refractivity contribution in [3.8, 4) is 11.8 Å². The zero-order valence-electron chi connectivity index (χ0n) is 13.0. The molecule has 2 heterocycles. The maximum absolute atomic E-state index is 9.36. The van der Waals surface area contributed by atoms with Crippen LogP contribution in [-0.4, -0.2) is 19.6 Å². The Balaban J connectivity index is 2.12. The second-order valence-corrected chi connectivity index (χ2v) is 5.64. The van der Waals surface area contributed by atoms with E-state index in [-0.39, 0.29) is 0 Å². The number of nitrogens with zero attached hydrogens (tertiary/aromatic N) is 5. The van der Waals surface area contributed by atoms with E-state index in [9.17, 15) is 5.26 Å². The number of halogens is 1. The molecule has 0 atom stereocenters. The van der Waals surface area contributed by atoms with Crippen LogP contribution in [0.4, 0.5) is 11.5 Å². The van der Waals surface area contributed by atoms with Crippen LogP contribution in [0, 0.1) is 25.2 Å². The quantitative estimate of drug-likeness (QED) is 0.799. The fourth-order valence-corrected chi connectivity index (χ4v) is 2.61. The van der Waals surface area contributed by atoms with Gasteiger partial charge in [-0.1, -0.05) is 17.7 Å². The minimum Gasteiger partial charge on any atom is -0.336 e. The van der Waals surface area contributed by atoms with Gasteiger partial charge in [0, 0.05) is 12.1 Å². The van der Waals surface area contributed by atoms with Gasteiger partial charge in [0.05, 0.1) is 29.0 Å². The highest BCUT2D eigenvalue weighted by molar-refractivity contribution is 6.30. The number of rotatable bonds is 3. The zero-order valence-corrected chi connectivity index (χ0v) is 13.8. The first-order valence-electron chi connectivity index (χ1n) is 7.02. The summed E-state index contributed by atoms with van der Waals surface area (Å²) in [6, 6.07) is 9.48. The molecule has 0 amide bonds. The molecule has 0 spiro atoms. The van der Waals surface area contributed by atoms with E-state index in [0.717, 1.165) is 22.8 Å². The van der Waals surface area contributed by atoms with E-state index in [2.05, 4.69) is 21.6 Å². The summed E-state index contributed by atoms with van der Waals surface area (Å²) in [6.45, 7) is 3.88. The Morgan fingerprint density at radius 1 is 1.30 bits per heavy atom. The van der Waals surface area contributed by atoms with Crippen LogP contribution < -0.4 is 5.32 Å². The van der Waals surface area contributed by atoms with Gasteiger partial charge in [-0.05, 0) is 32.0 Å². The Bertz CT molecular complexity index is 915. The molecule has 23 heavy (non-hydrogen) atoms. The van der Waals surface area contributed by atoms with E-state index >= 15 is 0 Å². The number of benzene rings is 1. The molecule has 3 aromatic rings. The summed E-state index contributed by atoms with van der Waals surface area (Å²) in [5, 5.41) is 22.0. The summed E-state index contributed by atoms with van der Waals surface area (Å²) >= 11 is 6.06. The third-order valence-electron chi connectivity index (χ3n) is 3.69. The number of nitriles is 1. The molecule has 0 aliphatic rings. The number of aryl methyl sites for hydroxylation is 2. The van der Waals surface area contributed by atoms with E-state index in [1.54, 1.807) is 21.5 Å². The predicted molar refractivity (Wildman–Crippen MR) is 89.3 cm³/mol. The molecule has 1 N–H and O–H groups in total. The molecule has 0 bridgehead atoms. The number of aromatic nitrogens is 4. The molecule has 2 aromatic heterocycles. The summed E-state index contributed by atoms with van der Waals surface area (Å²) in [5.41, 5.74) is 3.93. The number of hydrogen-bond donors (Lipinski definition) is 1. The van der Waals surface area contributed by atoms with Gasteiger partial charge in [-0.15, -0.1) is 0 Å². The predicted octanol–water partition coefficient (Wildman–Crippen LogP) is 3.49. The van der Waals surface area contributed by atoms with Crippen LogP contribution in [0.5, 0.6) is 0 Å². The van der Waals surface area contributed by atoms with Crippen molar-refractivity contribution in [2.75, 3.05) is 5.32 Å². The van der Waals surface area contributed by atoms with Crippen LogP contribution in [-0.2, 0) is 7.05 Å². The van der Waals surface area contributed by atoms with Gasteiger partial charge in [0.2, 0.25) is 0 Å². The highest BCUT2D eigenvalue weighted by Gasteiger charge is 2.17. The van der Waals surface area contributed by atoms with Crippen molar-refractivity contribution in [2.45, 2.75) is 13.8 Å². The monoisotopic (exact) mass is 326 g/mol. The van der Waals surface area contributed by atoms with Crippen molar-refractivity contribution in [1.29, 1.82) is 5.26 Å². The maximum atomic E-state index is 9.36. The van der Waals surface area contributed by atoms with Crippen molar-refractivity contribution >= 4 is 23.1 Å². The van der Waals surface area contributed by atoms with Crippen molar-refractivity contribution in [3.63, 3.8) is 0 Å². The lowest BCUT2D eigenvalue weighted by molar-refractivity contribution is 0.731. The molecular formula is C16H15ClN6. The molecule has 0 radical (unpaired) electrons. The van der Waals surface area contributed by atoms with Crippen LogP contribution in [0.25, 0.3) is 5.69 Å². The van der Waals surface area contributed by atoms with Crippen molar-refractivity contribution in [3.05, 3.63) is 52.4 Å². The summed E-state index contributed by atoms with van der Waals surface area (Å²) in [4.78, 5) is 0. The largest absolute Gasteiger partial charge is 0.336 e. The lowest BCUT2D eigenvalue weighted by atomic mass is 10.2. The molecule has 1 aromatic carbocycles. The molecule has 7 heteroatoms. The Morgan fingerprint density at radius 3 is 2.70 bits per heavy atom. The van der Waals surface area contributed by atoms with E-state index < -0.39 is 0 Å². The van der Waals surface area contributed by atoms with Crippen molar-refractivity contribution < 1.29 is 0 Å². The highest BCUT2D eigenvalue weighted by atomic mass is 35.5. The zero-order chi connectivity index (χ0) is 16.6. The van der Waals surface area contributed by atoms with Crippen molar-refractivity contribution in [1.82, 2.24) is 19.6 Å². The van der Waals surface area contributed by atoms with E-state index in [1.807, 2.05) is 33.0 Å². The van der Waals surface area contributed by atoms with Crippen molar-refractivity contribution in [2.24, 2.45) is 7.05 Å². The average Bonchev–Trinajstić information content (AvgIpc) is 3.03. The van der Waals surface area contributed by atoms with Gasteiger partial charge in [-0.25, -0.2) is 4.68 Å². The molecule has 6 nitrogen and oxygen atoms in total. The Morgan fingerprint density at radius 2 is 2.09 bits per heavy atom. The Hall–Kier alpha value is -2.78. The average molecular weight is 327 g/mol. The third-order valence-corrected chi connectivity index (χ3v) is 3.93. The van der Waals surface area contributed by atoms with Gasteiger partial charge in [0.25, 0.3) is 0 Å². The topological polar surface area (TPSA) is 71.5 Å². The minimum absolute atomic E-state index is 0.452. The van der Waals surface area contributed by atoms with Crippen LogP contribution >= 0.6 is 11.6 Å². The van der Waals surface area contributed by atoms with E-state index in [0.29, 0.717) is 16.4 Å². The van der Waals surface area contributed by atoms with Gasteiger partial charge < -0.3 is 5.32 Å². The Labute approximate surface area is 138 Å². The lowest BCUT2D eigenvalue weighted by Crippen LogP contribution is -2.04. The molecular weight excluding hydrogens is 312 g/mol. The summed E-state index contributed by atoms with van der Waals surface area (Å²) in [6.07, 6.45) is 1.53. The van der Waals surface area contributed by atoms with Crippen LogP contribution in [0.15, 0.2) is 30.5 Å². The van der Waals surface area contributed by atoms with Crippen LogP contribution in [0.1, 0.15) is 17.0 Å². The molecule has 0 saturated carbocycles. The normalized spacial score (nSPS) is 10.6. The second kappa shape index (κ2) is 5.78. The first-order valence-corrected chi connectivity index (χ1v) is 7.40. The van der Waals surface area contributed by atoms with Gasteiger partial charge in [-0.2, -0.15) is 15.5 Å². The summed E-state index contributed by atoms with van der Waals surface area (Å²) in [5.74, 6) is 0.592. The standard InChI is InChI=1S/C16H15ClN6/c1-10-15(11(2)22(3)21-10)20-16-12(8-18)9-19-23(16)14-6-4-5-13(17)7-14/h4-7,9,20H,1-3H3. The van der Waals surface area contributed by atoms with Gasteiger partial charge >= 0.3 is 0 Å². The molecule has 0 fully saturated rings. The second-order valence-electron chi connectivity index (χ2n) is 5.20. The van der Waals surface area contributed by atoms with Gasteiger partial charge in [-0.3, -0.25) is 4.68 Å². The van der Waals surface area contributed by atoms with E-state index in [4.69, 9.17) is 11.6 Å². The molecule has 0 unspecified atom stereocenters. The molecule has 116 valence electrons. The van der Waals surface area contributed by atoms with Gasteiger partial charge in [0.15, 0.2) is 5.82 Å². The first-order chi connectivity index (χ1) is 11.0. The SMILES string of the molecule is Cc1nn(C)c(C)c1Nc1c(C#N)cnn1-c1cccc(Cl)c1.